The van der Waals surface area contributed by atoms with Gasteiger partial charge in [-0.1, -0.05) is 0 Å². The number of hydrogen-bond donors (Lipinski definition) is 1. The fourth-order valence-electron chi connectivity index (χ4n) is 1.87. The van der Waals surface area contributed by atoms with Gasteiger partial charge >= 0.3 is 0 Å². The average molecular weight is 177 g/mol. The van der Waals surface area contributed by atoms with Gasteiger partial charge < -0.3 is 5.11 Å². The summed E-state index contributed by atoms with van der Waals surface area (Å²) in [7, 11) is 0. The molecule has 1 fully saturated rings. The third-order valence-electron chi connectivity index (χ3n) is 2.54. The van der Waals surface area contributed by atoms with Crippen LogP contribution < -0.4 is 0 Å². The Hall–Kier alpha value is -1.34. The van der Waals surface area contributed by atoms with Crippen LogP contribution >= 0.6 is 0 Å². The van der Waals surface area contributed by atoms with Crippen molar-refractivity contribution in [3.8, 4) is 6.07 Å². The van der Waals surface area contributed by atoms with Crippen molar-refractivity contribution in [1.29, 1.82) is 5.26 Å². The summed E-state index contributed by atoms with van der Waals surface area (Å²) in [6, 6.07) is 3.74. The van der Waals surface area contributed by atoms with E-state index in [-0.39, 0.29) is 12.1 Å². The Labute approximate surface area is 76.4 Å². The number of aromatic nitrogens is 2. The Morgan fingerprint density at radius 1 is 1.62 bits per heavy atom. The molecule has 0 radical (unpaired) electrons. The van der Waals surface area contributed by atoms with E-state index in [0.717, 1.165) is 19.3 Å². The molecule has 4 heteroatoms. The van der Waals surface area contributed by atoms with Crippen LogP contribution in [-0.2, 0) is 0 Å². The van der Waals surface area contributed by atoms with Gasteiger partial charge in [0.1, 0.15) is 11.8 Å². The van der Waals surface area contributed by atoms with Crippen molar-refractivity contribution in [2.75, 3.05) is 0 Å². The van der Waals surface area contributed by atoms with Gasteiger partial charge in [0, 0.05) is 0 Å². The van der Waals surface area contributed by atoms with Gasteiger partial charge in [-0.2, -0.15) is 10.4 Å². The first-order valence-corrected chi connectivity index (χ1v) is 4.44. The zero-order valence-electron chi connectivity index (χ0n) is 7.22. The summed E-state index contributed by atoms with van der Waals surface area (Å²) >= 11 is 0. The predicted molar refractivity (Wildman–Crippen MR) is 45.8 cm³/mol. The zero-order valence-corrected chi connectivity index (χ0v) is 7.22. The molecule has 4 nitrogen and oxygen atoms in total. The van der Waals surface area contributed by atoms with Crippen molar-refractivity contribution in [1.82, 2.24) is 9.78 Å². The fraction of sp³-hybridized carbons (Fsp3) is 0.556. The van der Waals surface area contributed by atoms with Gasteiger partial charge in [0.05, 0.1) is 18.3 Å². The SMILES string of the molecule is N#Cc1ccnn1C1CCCC1O. The molecule has 0 amide bonds. The Balaban J connectivity index is 2.30. The molecule has 1 aromatic heterocycles. The molecular formula is C9H11N3O. The molecule has 0 saturated heterocycles. The van der Waals surface area contributed by atoms with Crippen molar-refractivity contribution < 1.29 is 5.11 Å². The standard InChI is InChI=1S/C9H11N3O/c10-6-7-4-5-11-12(7)8-2-1-3-9(8)13/h4-5,8-9,13H,1-3H2. The minimum absolute atomic E-state index is 0.00431. The van der Waals surface area contributed by atoms with Crippen molar-refractivity contribution in [3.05, 3.63) is 18.0 Å². The first-order valence-electron chi connectivity index (χ1n) is 4.44. The molecule has 2 atom stereocenters. The molecule has 1 N–H and O–H groups in total. The first-order chi connectivity index (χ1) is 6.33. The van der Waals surface area contributed by atoms with Gasteiger partial charge in [-0.05, 0) is 25.3 Å². The van der Waals surface area contributed by atoms with Gasteiger partial charge in [-0.15, -0.1) is 0 Å². The zero-order chi connectivity index (χ0) is 9.26. The summed E-state index contributed by atoms with van der Waals surface area (Å²) < 4.78 is 1.64. The summed E-state index contributed by atoms with van der Waals surface area (Å²) in [4.78, 5) is 0. The molecule has 1 aliphatic carbocycles. The van der Waals surface area contributed by atoms with E-state index in [1.165, 1.54) is 0 Å². The van der Waals surface area contributed by atoms with Crippen LogP contribution in [0.3, 0.4) is 0 Å². The van der Waals surface area contributed by atoms with Crippen LogP contribution in [0.15, 0.2) is 12.3 Å². The summed E-state index contributed by atoms with van der Waals surface area (Å²) in [5.41, 5.74) is 0.533. The Bertz CT molecular complexity index is 339. The van der Waals surface area contributed by atoms with Crippen molar-refractivity contribution in [3.63, 3.8) is 0 Å². The lowest BCUT2D eigenvalue weighted by Gasteiger charge is -2.15. The summed E-state index contributed by atoms with van der Waals surface area (Å²) in [6.07, 6.45) is 4.00. The fourth-order valence-corrected chi connectivity index (χ4v) is 1.87. The molecule has 1 saturated carbocycles. The van der Waals surface area contributed by atoms with Crippen molar-refractivity contribution in [2.24, 2.45) is 0 Å². The number of hydrogen-bond acceptors (Lipinski definition) is 3. The molecule has 0 bridgehead atoms. The van der Waals surface area contributed by atoms with Crippen LogP contribution in [-0.4, -0.2) is 21.0 Å². The van der Waals surface area contributed by atoms with Gasteiger partial charge in [0.15, 0.2) is 0 Å². The van der Waals surface area contributed by atoms with E-state index >= 15 is 0 Å². The number of nitriles is 1. The van der Waals surface area contributed by atoms with Crippen LogP contribution in [0.2, 0.25) is 0 Å². The normalized spacial score (nSPS) is 27.4. The molecular weight excluding hydrogens is 166 g/mol. The lowest BCUT2D eigenvalue weighted by atomic mass is 10.2. The highest BCUT2D eigenvalue weighted by molar-refractivity contribution is 5.19. The monoisotopic (exact) mass is 177 g/mol. The van der Waals surface area contributed by atoms with E-state index in [0.29, 0.717) is 5.69 Å². The molecule has 1 aliphatic rings. The molecule has 0 aliphatic heterocycles. The van der Waals surface area contributed by atoms with Crippen molar-refractivity contribution >= 4 is 0 Å². The maximum absolute atomic E-state index is 9.61. The largest absolute Gasteiger partial charge is 0.391 e. The lowest BCUT2D eigenvalue weighted by molar-refractivity contribution is 0.130. The second kappa shape index (κ2) is 3.19. The maximum atomic E-state index is 9.61. The highest BCUT2D eigenvalue weighted by Crippen LogP contribution is 2.30. The Kier molecular flexibility index (Phi) is 2.03. The van der Waals surface area contributed by atoms with Gasteiger partial charge in [-0.3, -0.25) is 0 Å². The molecule has 1 aromatic rings. The summed E-state index contributed by atoms with van der Waals surface area (Å²) in [6.45, 7) is 0. The van der Waals surface area contributed by atoms with Crippen LogP contribution in [0.4, 0.5) is 0 Å². The minimum Gasteiger partial charge on any atom is -0.391 e. The molecule has 13 heavy (non-hydrogen) atoms. The van der Waals surface area contributed by atoms with Crippen LogP contribution in [0.1, 0.15) is 31.0 Å². The van der Waals surface area contributed by atoms with Crippen LogP contribution in [0.5, 0.6) is 0 Å². The predicted octanol–water partition coefficient (Wildman–Crippen LogP) is 0.841. The quantitative estimate of drug-likeness (QED) is 0.691. The second-order valence-electron chi connectivity index (χ2n) is 3.34. The van der Waals surface area contributed by atoms with E-state index in [2.05, 4.69) is 11.2 Å². The molecule has 2 unspecified atom stereocenters. The third kappa shape index (κ3) is 1.31. The van der Waals surface area contributed by atoms with Gasteiger partial charge in [0.25, 0.3) is 0 Å². The van der Waals surface area contributed by atoms with Crippen LogP contribution in [0.25, 0.3) is 0 Å². The highest BCUT2D eigenvalue weighted by Gasteiger charge is 2.28. The third-order valence-corrected chi connectivity index (χ3v) is 2.54. The Morgan fingerprint density at radius 3 is 3.08 bits per heavy atom. The topological polar surface area (TPSA) is 61.8 Å². The molecule has 0 aromatic carbocycles. The smallest absolute Gasteiger partial charge is 0.138 e. The summed E-state index contributed by atoms with van der Waals surface area (Å²) in [5, 5.41) is 22.4. The number of nitrogens with zero attached hydrogens (tertiary/aromatic N) is 3. The number of rotatable bonds is 1. The van der Waals surface area contributed by atoms with Gasteiger partial charge in [0.2, 0.25) is 0 Å². The van der Waals surface area contributed by atoms with E-state index in [1.807, 2.05) is 0 Å². The van der Waals surface area contributed by atoms with E-state index in [4.69, 9.17) is 5.26 Å². The second-order valence-corrected chi connectivity index (χ2v) is 3.34. The molecule has 0 spiro atoms. The molecule has 1 heterocycles. The van der Waals surface area contributed by atoms with Crippen LogP contribution in [0, 0.1) is 11.3 Å². The average Bonchev–Trinajstić information content (AvgIpc) is 2.71. The van der Waals surface area contributed by atoms with E-state index in [9.17, 15) is 5.11 Å². The lowest BCUT2D eigenvalue weighted by Crippen LogP contribution is -2.20. The first kappa shape index (κ1) is 8.27. The minimum atomic E-state index is -0.341. The number of aliphatic hydroxyl groups is 1. The van der Waals surface area contributed by atoms with E-state index < -0.39 is 0 Å². The number of aliphatic hydroxyl groups excluding tert-OH is 1. The summed E-state index contributed by atoms with van der Waals surface area (Å²) in [5.74, 6) is 0. The molecule has 68 valence electrons. The van der Waals surface area contributed by atoms with Gasteiger partial charge in [-0.25, -0.2) is 4.68 Å². The van der Waals surface area contributed by atoms with E-state index in [1.54, 1.807) is 16.9 Å². The maximum Gasteiger partial charge on any atom is 0.138 e. The Morgan fingerprint density at radius 2 is 2.46 bits per heavy atom. The molecule has 2 rings (SSSR count). The highest BCUT2D eigenvalue weighted by atomic mass is 16.3. The van der Waals surface area contributed by atoms with Crippen molar-refractivity contribution in [2.45, 2.75) is 31.4 Å².